The van der Waals surface area contributed by atoms with Gasteiger partial charge in [-0.25, -0.2) is 4.90 Å². The van der Waals surface area contributed by atoms with E-state index in [0.29, 0.717) is 28.3 Å². The van der Waals surface area contributed by atoms with Gasteiger partial charge >= 0.3 is 0 Å². The molecule has 6 nitrogen and oxygen atoms in total. The Labute approximate surface area is 200 Å². The molecule has 0 aliphatic carbocycles. The van der Waals surface area contributed by atoms with Gasteiger partial charge in [-0.05, 0) is 56.3 Å². The van der Waals surface area contributed by atoms with Crippen LogP contribution >= 0.6 is 0 Å². The fraction of sp³-hybridized carbons (Fsp3) is 0.214. The minimum atomic E-state index is -0.372. The molecule has 0 atom stereocenters. The van der Waals surface area contributed by atoms with Gasteiger partial charge in [-0.3, -0.25) is 9.59 Å². The SMILES string of the molecule is CCN(CC)c1ccc(N2C(=O)C(c3ccccc3OC)=C(N(C)c3ccccc3)C2=O)cc1. The van der Waals surface area contributed by atoms with Crippen LogP contribution in [0.4, 0.5) is 17.1 Å². The predicted octanol–water partition coefficient (Wildman–Crippen LogP) is 4.96. The third-order valence-electron chi connectivity index (χ3n) is 6.15. The fourth-order valence-corrected chi connectivity index (χ4v) is 4.34. The van der Waals surface area contributed by atoms with Crippen molar-refractivity contribution < 1.29 is 14.3 Å². The van der Waals surface area contributed by atoms with Gasteiger partial charge in [0, 0.05) is 37.1 Å². The normalized spacial score (nSPS) is 13.5. The van der Waals surface area contributed by atoms with Crippen molar-refractivity contribution in [3.8, 4) is 5.75 Å². The summed E-state index contributed by atoms with van der Waals surface area (Å²) in [5.41, 5.74) is 3.62. The second kappa shape index (κ2) is 9.83. The molecule has 34 heavy (non-hydrogen) atoms. The zero-order valence-electron chi connectivity index (χ0n) is 20.0. The largest absolute Gasteiger partial charge is 0.496 e. The lowest BCUT2D eigenvalue weighted by Gasteiger charge is -2.23. The monoisotopic (exact) mass is 455 g/mol. The Morgan fingerprint density at radius 2 is 1.38 bits per heavy atom. The molecule has 0 N–H and O–H groups in total. The van der Waals surface area contributed by atoms with Gasteiger partial charge in [0.2, 0.25) is 0 Å². The molecule has 0 aromatic heterocycles. The predicted molar refractivity (Wildman–Crippen MR) is 137 cm³/mol. The summed E-state index contributed by atoms with van der Waals surface area (Å²) >= 11 is 0. The lowest BCUT2D eigenvalue weighted by molar-refractivity contribution is -0.120. The molecule has 2 amide bonds. The molecule has 0 saturated carbocycles. The summed E-state index contributed by atoms with van der Waals surface area (Å²) in [5.74, 6) is -0.202. The van der Waals surface area contributed by atoms with Crippen LogP contribution in [0.1, 0.15) is 19.4 Å². The van der Waals surface area contributed by atoms with E-state index < -0.39 is 0 Å². The molecule has 6 heteroatoms. The van der Waals surface area contributed by atoms with Gasteiger partial charge in [0.15, 0.2) is 0 Å². The summed E-state index contributed by atoms with van der Waals surface area (Å²) in [6, 6.07) is 24.4. The zero-order valence-corrected chi connectivity index (χ0v) is 20.0. The number of para-hydroxylation sites is 2. The number of benzene rings is 3. The molecule has 1 heterocycles. The van der Waals surface area contributed by atoms with Gasteiger partial charge < -0.3 is 14.5 Å². The van der Waals surface area contributed by atoms with Gasteiger partial charge in [0.1, 0.15) is 11.4 Å². The molecule has 0 spiro atoms. The van der Waals surface area contributed by atoms with E-state index in [0.717, 1.165) is 24.5 Å². The number of hydrogen-bond donors (Lipinski definition) is 0. The van der Waals surface area contributed by atoms with Crippen LogP contribution in [0, 0.1) is 0 Å². The first kappa shape index (κ1) is 23.1. The quantitative estimate of drug-likeness (QED) is 0.449. The third kappa shape index (κ3) is 4.03. The average molecular weight is 456 g/mol. The number of amides is 2. The molecular weight excluding hydrogens is 426 g/mol. The van der Waals surface area contributed by atoms with Crippen molar-refractivity contribution in [2.75, 3.05) is 41.9 Å². The Morgan fingerprint density at radius 1 is 0.765 bits per heavy atom. The van der Waals surface area contributed by atoms with Crippen LogP contribution in [0.15, 0.2) is 84.6 Å². The van der Waals surface area contributed by atoms with Crippen LogP contribution in [0.2, 0.25) is 0 Å². The third-order valence-corrected chi connectivity index (χ3v) is 6.15. The number of imide groups is 1. The van der Waals surface area contributed by atoms with Crippen LogP contribution in [-0.2, 0) is 9.59 Å². The zero-order chi connectivity index (χ0) is 24.2. The lowest BCUT2D eigenvalue weighted by atomic mass is 10.0. The number of carbonyl (C=O) groups excluding carboxylic acids is 2. The van der Waals surface area contributed by atoms with Crippen molar-refractivity contribution in [3.63, 3.8) is 0 Å². The van der Waals surface area contributed by atoms with E-state index in [1.807, 2.05) is 72.8 Å². The van der Waals surface area contributed by atoms with Crippen LogP contribution in [0.3, 0.4) is 0 Å². The summed E-state index contributed by atoms with van der Waals surface area (Å²) in [6.07, 6.45) is 0. The first-order chi connectivity index (χ1) is 16.5. The number of carbonyl (C=O) groups is 2. The highest BCUT2D eigenvalue weighted by Gasteiger charge is 2.43. The minimum absolute atomic E-state index is 0.313. The number of likely N-dealkylation sites (N-methyl/N-ethyl adjacent to an activating group) is 1. The number of ether oxygens (including phenoxy) is 1. The molecule has 0 saturated heterocycles. The molecule has 174 valence electrons. The molecule has 1 aliphatic rings. The number of nitrogens with zero attached hydrogens (tertiary/aromatic N) is 3. The highest BCUT2D eigenvalue weighted by molar-refractivity contribution is 6.46. The van der Waals surface area contributed by atoms with Crippen LogP contribution in [0.5, 0.6) is 5.75 Å². The maximum Gasteiger partial charge on any atom is 0.282 e. The van der Waals surface area contributed by atoms with E-state index in [1.165, 1.54) is 4.90 Å². The molecule has 0 radical (unpaired) electrons. The molecule has 0 bridgehead atoms. The maximum atomic E-state index is 13.8. The molecule has 1 aliphatic heterocycles. The summed E-state index contributed by atoms with van der Waals surface area (Å²) < 4.78 is 5.54. The maximum absolute atomic E-state index is 13.8. The first-order valence-electron chi connectivity index (χ1n) is 11.4. The smallest absolute Gasteiger partial charge is 0.282 e. The topological polar surface area (TPSA) is 53.1 Å². The molecule has 0 unspecified atom stereocenters. The van der Waals surface area contributed by atoms with Crippen molar-refractivity contribution in [3.05, 3.63) is 90.1 Å². The van der Waals surface area contributed by atoms with Crippen LogP contribution < -0.4 is 19.4 Å². The Hall–Kier alpha value is -4.06. The van der Waals surface area contributed by atoms with E-state index in [2.05, 4.69) is 18.7 Å². The van der Waals surface area contributed by atoms with Gasteiger partial charge in [-0.15, -0.1) is 0 Å². The summed E-state index contributed by atoms with van der Waals surface area (Å²) in [4.78, 5) is 32.9. The Kier molecular flexibility index (Phi) is 6.68. The van der Waals surface area contributed by atoms with Crippen LogP contribution in [-0.4, -0.2) is 39.1 Å². The van der Waals surface area contributed by atoms with Gasteiger partial charge in [-0.1, -0.05) is 36.4 Å². The van der Waals surface area contributed by atoms with Gasteiger partial charge in [-0.2, -0.15) is 0 Å². The van der Waals surface area contributed by atoms with Crippen molar-refractivity contribution in [1.82, 2.24) is 0 Å². The van der Waals surface area contributed by atoms with Gasteiger partial charge in [0.05, 0.1) is 18.4 Å². The second-order valence-electron chi connectivity index (χ2n) is 7.95. The van der Waals surface area contributed by atoms with Gasteiger partial charge in [0.25, 0.3) is 11.8 Å². The summed E-state index contributed by atoms with van der Waals surface area (Å²) in [5, 5.41) is 0. The highest BCUT2D eigenvalue weighted by Crippen LogP contribution is 2.39. The summed E-state index contributed by atoms with van der Waals surface area (Å²) in [6.45, 7) is 5.95. The molecule has 3 aromatic carbocycles. The van der Waals surface area contributed by atoms with E-state index in [1.54, 1.807) is 25.1 Å². The van der Waals surface area contributed by atoms with Crippen molar-refractivity contribution in [1.29, 1.82) is 0 Å². The molecule has 4 rings (SSSR count). The van der Waals surface area contributed by atoms with Crippen molar-refractivity contribution in [2.45, 2.75) is 13.8 Å². The lowest BCUT2D eigenvalue weighted by Crippen LogP contribution is -2.34. The fourth-order valence-electron chi connectivity index (χ4n) is 4.34. The Morgan fingerprint density at radius 3 is 2.00 bits per heavy atom. The van der Waals surface area contributed by atoms with Crippen molar-refractivity contribution >= 4 is 34.4 Å². The van der Waals surface area contributed by atoms with E-state index >= 15 is 0 Å². The average Bonchev–Trinajstić information content (AvgIpc) is 3.14. The van der Waals surface area contributed by atoms with Crippen LogP contribution in [0.25, 0.3) is 5.57 Å². The molecular formula is C28H29N3O3. The minimum Gasteiger partial charge on any atom is -0.496 e. The number of anilines is 3. The number of methoxy groups -OCH3 is 1. The Bertz CT molecular complexity index is 1220. The summed E-state index contributed by atoms with van der Waals surface area (Å²) in [7, 11) is 3.36. The van der Waals surface area contributed by atoms with E-state index in [4.69, 9.17) is 4.74 Å². The van der Waals surface area contributed by atoms with E-state index in [9.17, 15) is 9.59 Å². The number of hydrogen-bond acceptors (Lipinski definition) is 5. The van der Waals surface area contributed by atoms with Crippen molar-refractivity contribution in [2.24, 2.45) is 0 Å². The van der Waals surface area contributed by atoms with E-state index in [-0.39, 0.29) is 11.8 Å². The second-order valence-corrected chi connectivity index (χ2v) is 7.95. The number of rotatable bonds is 8. The first-order valence-corrected chi connectivity index (χ1v) is 11.4. The molecule has 0 fully saturated rings. The Balaban J connectivity index is 1.82. The standard InChI is InChI=1S/C28H29N3O3/c1-5-30(6-2)21-16-18-22(19-17-21)31-27(32)25(23-14-10-11-15-24(23)34-4)26(28(31)33)29(3)20-12-8-7-9-13-20/h7-19H,5-6H2,1-4H3. The molecule has 3 aromatic rings. The highest BCUT2D eigenvalue weighted by atomic mass is 16.5.